The predicted octanol–water partition coefficient (Wildman–Crippen LogP) is -1.61. The smallest absolute Gasteiger partial charge is 0.362 e. The first-order chi connectivity index (χ1) is 6.91. The van der Waals surface area contributed by atoms with Crippen LogP contribution in [0.5, 0.6) is 0 Å². The summed E-state index contributed by atoms with van der Waals surface area (Å²) in [6.07, 6.45) is 0.569. The van der Waals surface area contributed by atoms with E-state index in [2.05, 4.69) is 0 Å². The summed E-state index contributed by atoms with van der Waals surface area (Å²) in [5.74, 6) is -0.744. The maximum Gasteiger partial charge on any atom is 0.362 e. The van der Waals surface area contributed by atoms with Crippen LogP contribution >= 0.6 is 0 Å². The monoisotopic (exact) mass is 243 g/mol. The van der Waals surface area contributed by atoms with E-state index in [9.17, 15) is 4.79 Å². The number of carboxylic acid groups (broad SMARTS) is 1. The van der Waals surface area contributed by atoms with Gasteiger partial charge in [0, 0.05) is 6.42 Å². The molecule has 0 unspecified atom stereocenters. The first kappa shape index (κ1) is 14.9. The van der Waals surface area contributed by atoms with E-state index in [1.165, 1.54) is 0 Å². The fourth-order valence-electron chi connectivity index (χ4n) is 1.53. The molecular weight excluding hydrogens is 226 g/mol. The van der Waals surface area contributed by atoms with Gasteiger partial charge in [-0.25, -0.2) is 4.79 Å². The lowest BCUT2D eigenvalue weighted by Crippen LogP contribution is -3.00. The summed E-state index contributed by atoms with van der Waals surface area (Å²) in [5, 5.41) is 9.15. The van der Waals surface area contributed by atoms with Crippen LogP contribution < -0.4 is 12.4 Å². The van der Waals surface area contributed by atoms with Crippen molar-refractivity contribution >= 4 is 5.97 Å². The molecule has 1 N–H and O–H groups in total. The molecule has 1 atom stereocenters. The molecule has 0 bridgehead atoms. The summed E-state index contributed by atoms with van der Waals surface area (Å²) in [6.45, 7) is 0. The van der Waals surface area contributed by atoms with Crippen LogP contribution in [-0.2, 0) is 11.2 Å². The molecule has 4 heteroatoms. The fourth-order valence-corrected chi connectivity index (χ4v) is 1.53. The summed E-state index contributed by atoms with van der Waals surface area (Å²) in [4.78, 5) is 11.1. The lowest BCUT2D eigenvalue weighted by molar-refractivity contribution is -0.887. The minimum atomic E-state index is -0.744. The molecule has 0 radical (unpaired) electrons. The van der Waals surface area contributed by atoms with Crippen molar-refractivity contribution in [2.45, 2.75) is 12.5 Å². The molecule has 90 valence electrons. The van der Waals surface area contributed by atoms with E-state index in [0.717, 1.165) is 5.56 Å². The number of hydrogen-bond donors (Lipinski definition) is 1. The molecule has 0 spiro atoms. The number of carboxylic acids is 1. The number of benzene rings is 1. The molecule has 1 aromatic carbocycles. The highest BCUT2D eigenvalue weighted by Gasteiger charge is 2.31. The Balaban J connectivity index is 0.00000225. The molecule has 1 aromatic rings. The first-order valence-corrected chi connectivity index (χ1v) is 4.99. The van der Waals surface area contributed by atoms with Gasteiger partial charge in [-0.15, -0.1) is 0 Å². The molecular formula is C12H18ClNO2. The highest BCUT2D eigenvalue weighted by Crippen LogP contribution is 2.11. The van der Waals surface area contributed by atoms with Crippen molar-refractivity contribution in [1.82, 2.24) is 0 Å². The quantitative estimate of drug-likeness (QED) is 0.647. The van der Waals surface area contributed by atoms with Gasteiger partial charge in [0.1, 0.15) is 0 Å². The number of aliphatic carboxylic acids is 1. The van der Waals surface area contributed by atoms with Gasteiger partial charge in [-0.3, -0.25) is 0 Å². The summed E-state index contributed by atoms with van der Waals surface area (Å²) in [6, 6.07) is 9.34. The third-order valence-corrected chi connectivity index (χ3v) is 2.49. The Bertz CT molecular complexity index is 333. The molecule has 0 fully saturated rings. The highest BCUT2D eigenvalue weighted by atomic mass is 35.5. The Kier molecular flexibility index (Phi) is 5.48. The van der Waals surface area contributed by atoms with E-state index in [4.69, 9.17) is 5.11 Å². The van der Waals surface area contributed by atoms with Crippen LogP contribution in [0.2, 0.25) is 0 Å². The van der Waals surface area contributed by atoms with Crippen molar-refractivity contribution in [2.24, 2.45) is 0 Å². The molecule has 0 heterocycles. The molecule has 0 saturated heterocycles. The average Bonchev–Trinajstić information content (AvgIpc) is 2.13. The number of rotatable bonds is 4. The molecule has 0 aromatic heterocycles. The van der Waals surface area contributed by atoms with Crippen LogP contribution in [0.15, 0.2) is 30.3 Å². The number of carbonyl (C=O) groups is 1. The van der Waals surface area contributed by atoms with Gasteiger partial charge in [0.2, 0.25) is 0 Å². The summed E-state index contributed by atoms with van der Waals surface area (Å²) >= 11 is 0. The fraction of sp³-hybridized carbons (Fsp3) is 0.417. The van der Waals surface area contributed by atoms with Crippen LogP contribution in [0.1, 0.15) is 5.56 Å². The number of quaternary nitrogens is 1. The number of halogens is 1. The zero-order chi connectivity index (χ0) is 11.5. The van der Waals surface area contributed by atoms with E-state index >= 15 is 0 Å². The Labute approximate surface area is 103 Å². The second-order valence-electron chi connectivity index (χ2n) is 4.66. The standard InChI is InChI=1S/C12H17NO2.ClH/c1-13(2,3)11(12(14)15)9-10-7-5-4-6-8-10;/h4-8,11H,9H2,1-3H3;1H/t11-;/m0./s1. The molecule has 0 aliphatic rings. The van der Waals surface area contributed by atoms with Crippen molar-refractivity contribution in [3.05, 3.63) is 35.9 Å². The normalized spacial score (nSPS) is 12.7. The van der Waals surface area contributed by atoms with Crippen molar-refractivity contribution < 1.29 is 26.8 Å². The van der Waals surface area contributed by atoms with Gasteiger partial charge >= 0.3 is 5.97 Å². The Morgan fingerprint density at radius 3 is 2.12 bits per heavy atom. The molecule has 1 rings (SSSR count). The zero-order valence-corrected chi connectivity index (χ0v) is 10.6. The van der Waals surface area contributed by atoms with Crippen molar-refractivity contribution in [3.63, 3.8) is 0 Å². The summed E-state index contributed by atoms with van der Waals surface area (Å²) in [5.41, 5.74) is 1.07. The van der Waals surface area contributed by atoms with Crippen molar-refractivity contribution in [3.8, 4) is 0 Å². The van der Waals surface area contributed by atoms with Crippen LogP contribution in [0.4, 0.5) is 0 Å². The first-order valence-electron chi connectivity index (χ1n) is 4.99. The van der Waals surface area contributed by atoms with Gasteiger partial charge in [-0.2, -0.15) is 0 Å². The molecule has 0 aliphatic heterocycles. The third kappa shape index (κ3) is 4.21. The second kappa shape index (κ2) is 5.87. The minimum absolute atomic E-state index is 0. The van der Waals surface area contributed by atoms with Crippen molar-refractivity contribution in [2.75, 3.05) is 21.1 Å². The van der Waals surface area contributed by atoms with E-state index in [1.54, 1.807) is 0 Å². The SMILES string of the molecule is C[N+](C)(C)[C@@H](Cc1ccccc1)C(=O)O.[Cl-]. The Morgan fingerprint density at radius 2 is 1.75 bits per heavy atom. The van der Waals surface area contributed by atoms with Crippen LogP contribution in [0.3, 0.4) is 0 Å². The summed E-state index contributed by atoms with van der Waals surface area (Å²) in [7, 11) is 5.71. The zero-order valence-electron chi connectivity index (χ0n) is 9.85. The van der Waals surface area contributed by atoms with E-state index < -0.39 is 12.0 Å². The highest BCUT2D eigenvalue weighted by molar-refractivity contribution is 5.72. The van der Waals surface area contributed by atoms with Gasteiger partial charge in [0.25, 0.3) is 0 Å². The second-order valence-corrected chi connectivity index (χ2v) is 4.66. The van der Waals surface area contributed by atoms with Gasteiger partial charge in [0.05, 0.1) is 21.1 Å². The maximum absolute atomic E-state index is 11.1. The topological polar surface area (TPSA) is 37.3 Å². The lowest BCUT2D eigenvalue weighted by Gasteiger charge is -2.31. The predicted molar refractivity (Wildman–Crippen MR) is 59.6 cm³/mol. The molecule has 16 heavy (non-hydrogen) atoms. The Morgan fingerprint density at radius 1 is 1.25 bits per heavy atom. The number of likely N-dealkylation sites (N-methyl/N-ethyl adjacent to an activating group) is 1. The van der Waals surface area contributed by atoms with E-state index in [0.29, 0.717) is 10.9 Å². The van der Waals surface area contributed by atoms with Gasteiger partial charge in [-0.1, -0.05) is 30.3 Å². The third-order valence-electron chi connectivity index (χ3n) is 2.49. The van der Waals surface area contributed by atoms with Crippen LogP contribution in [0.25, 0.3) is 0 Å². The minimum Gasteiger partial charge on any atom is -1.00 e. The van der Waals surface area contributed by atoms with Gasteiger partial charge in [0.15, 0.2) is 6.04 Å². The van der Waals surface area contributed by atoms with Crippen LogP contribution in [0, 0.1) is 0 Å². The molecule has 0 amide bonds. The van der Waals surface area contributed by atoms with E-state index in [1.807, 2.05) is 51.5 Å². The van der Waals surface area contributed by atoms with E-state index in [-0.39, 0.29) is 12.4 Å². The molecule has 0 saturated carbocycles. The Hall–Kier alpha value is -1.06. The summed E-state index contributed by atoms with van der Waals surface area (Å²) < 4.78 is 0.435. The average molecular weight is 244 g/mol. The van der Waals surface area contributed by atoms with Gasteiger partial charge < -0.3 is 22.0 Å². The lowest BCUT2D eigenvalue weighted by atomic mass is 10.0. The maximum atomic E-state index is 11.1. The van der Waals surface area contributed by atoms with Crippen molar-refractivity contribution in [1.29, 1.82) is 0 Å². The molecule has 3 nitrogen and oxygen atoms in total. The van der Waals surface area contributed by atoms with Gasteiger partial charge in [-0.05, 0) is 5.56 Å². The molecule has 0 aliphatic carbocycles. The number of nitrogens with zero attached hydrogens (tertiary/aromatic N) is 1. The largest absolute Gasteiger partial charge is 1.00 e. The number of hydrogen-bond acceptors (Lipinski definition) is 1. The van der Waals surface area contributed by atoms with Crippen LogP contribution in [-0.4, -0.2) is 42.7 Å².